The Morgan fingerprint density at radius 1 is 1.27 bits per heavy atom. The summed E-state index contributed by atoms with van der Waals surface area (Å²) < 4.78 is 4.50. The molecule has 0 saturated heterocycles. The Hall–Kier alpha value is -0.350. The van der Waals surface area contributed by atoms with Crippen molar-refractivity contribution >= 4 is 0 Å². The summed E-state index contributed by atoms with van der Waals surface area (Å²) in [7, 11) is 0. The Morgan fingerprint density at radius 3 is 2.73 bits per heavy atom. The summed E-state index contributed by atoms with van der Waals surface area (Å²) in [6.45, 7) is 5.26. The minimum absolute atomic E-state index is 0. The van der Waals surface area contributed by atoms with Gasteiger partial charge in [0.2, 0.25) is 6.33 Å². The smallest absolute Gasteiger partial charge is 0.243 e. The van der Waals surface area contributed by atoms with Crippen LogP contribution in [0.25, 0.3) is 0 Å². The van der Waals surface area contributed by atoms with E-state index < -0.39 is 0 Å². The van der Waals surface area contributed by atoms with Crippen molar-refractivity contribution in [3.05, 3.63) is 18.7 Å². The highest BCUT2D eigenvalue weighted by molar-refractivity contribution is 4.66. The summed E-state index contributed by atoms with van der Waals surface area (Å²) in [6.07, 6.45) is 11.3. The van der Waals surface area contributed by atoms with Gasteiger partial charge in [0.05, 0.1) is 13.1 Å². The fourth-order valence-corrected chi connectivity index (χ4v) is 1.48. The van der Waals surface area contributed by atoms with Gasteiger partial charge in [-0.15, -0.1) is 0 Å². The molecule has 0 aliphatic rings. The largest absolute Gasteiger partial charge is 1.00 e. The van der Waals surface area contributed by atoms with Gasteiger partial charge in [0, 0.05) is 0 Å². The zero-order valence-corrected chi connectivity index (χ0v) is 11.1. The Kier molecular flexibility index (Phi) is 8.71. The molecule has 0 aliphatic heterocycles. The fraction of sp³-hybridized carbons (Fsp3) is 0.727. The molecule has 0 aromatic carbocycles. The SMILES string of the molecule is CCCC[n+]1ccn(CCCCN)c1.[Br-]. The molecule has 0 radical (unpaired) electrons. The van der Waals surface area contributed by atoms with E-state index in [4.69, 9.17) is 5.73 Å². The Labute approximate surface area is 103 Å². The van der Waals surface area contributed by atoms with Gasteiger partial charge in [-0.2, -0.15) is 0 Å². The average Bonchev–Trinajstić information content (AvgIpc) is 2.63. The van der Waals surface area contributed by atoms with Crippen LogP contribution in [-0.4, -0.2) is 11.1 Å². The molecule has 0 spiro atoms. The summed E-state index contributed by atoms with van der Waals surface area (Å²) in [6, 6.07) is 0. The highest BCUT2D eigenvalue weighted by atomic mass is 79.9. The van der Waals surface area contributed by atoms with E-state index in [2.05, 4.69) is 34.8 Å². The van der Waals surface area contributed by atoms with E-state index >= 15 is 0 Å². The van der Waals surface area contributed by atoms with E-state index in [9.17, 15) is 0 Å². The second-order valence-corrected chi connectivity index (χ2v) is 3.74. The standard InChI is InChI=1S/C11H22N3.BrH/c1-2-3-7-13-9-10-14(11-13)8-5-4-6-12;/h9-11H,2-8,12H2,1H3;1H/q+1;/p-1. The number of nitrogens with zero attached hydrogens (tertiary/aromatic N) is 2. The molecule has 1 heterocycles. The van der Waals surface area contributed by atoms with Crippen molar-refractivity contribution < 1.29 is 21.5 Å². The molecule has 3 nitrogen and oxygen atoms in total. The third-order valence-corrected chi connectivity index (χ3v) is 2.39. The minimum atomic E-state index is 0. The maximum Gasteiger partial charge on any atom is 0.243 e. The van der Waals surface area contributed by atoms with Gasteiger partial charge in [-0.25, -0.2) is 9.13 Å². The van der Waals surface area contributed by atoms with E-state index in [-0.39, 0.29) is 17.0 Å². The second-order valence-electron chi connectivity index (χ2n) is 3.74. The van der Waals surface area contributed by atoms with Crippen LogP contribution >= 0.6 is 0 Å². The number of imidazole rings is 1. The number of hydrogen-bond acceptors (Lipinski definition) is 1. The summed E-state index contributed by atoms with van der Waals surface area (Å²) in [4.78, 5) is 0. The van der Waals surface area contributed by atoms with Gasteiger partial charge in [-0.05, 0) is 25.8 Å². The molecule has 4 heteroatoms. The van der Waals surface area contributed by atoms with Gasteiger partial charge in [-0.1, -0.05) is 13.3 Å². The summed E-state index contributed by atoms with van der Waals surface area (Å²) in [5, 5.41) is 0. The zero-order valence-electron chi connectivity index (χ0n) is 9.53. The van der Waals surface area contributed by atoms with E-state index in [1.165, 1.54) is 19.3 Å². The highest BCUT2D eigenvalue weighted by Gasteiger charge is 2.01. The van der Waals surface area contributed by atoms with Gasteiger partial charge < -0.3 is 22.7 Å². The van der Waals surface area contributed by atoms with Crippen LogP contribution in [0.2, 0.25) is 0 Å². The molecule has 0 unspecified atom stereocenters. The number of halogens is 1. The number of rotatable bonds is 7. The number of unbranched alkanes of at least 4 members (excludes halogenated alkanes) is 2. The maximum atomic E-state index is 5.45. The molecule has 0 amide bonds. The summed E-state index contributed by atoms with van der Waals surface area (Å²) in [5.74, 6) is 0. The first-order valence-corrected chi connectivity index (χ1v) is 5.61. The molecule has 15 heavy (non-hydrogen) atoms. The molecule has 88 valence electrons. The first kappa shape index (κ1) is 14.6. The highest BCUT2D eigenvalue weighted by Crippen LogP contribution is 1.93. The summed E-state index contributed by atoms with van der Waals surface area (Å²) in [5.41, 5.74) is 5.45. The molecule has 2 N–H and O–H groups in total. The van der Waals surface area contributed by atoms with Gasteiger partial charge in [0.15, 0.2) is 0 Å². The van der Waals surface area contributed by atoms with Gasteiger partial charge in [0.25, 0.3) is 0 Å². The van der Waals surface area contributed by atoms with Crippen molar-refractivity contribution in [3.63, 3.8) is 0 Å². The predicted molar refractivity (Wildman–Crippen MR) is 57.8 cm³/mol. The zero-order chi connectivity index (χ0) is 10.2. The molecular weight excluding hydrogens is 254 g/mol. The van der Waals surface area contributed by atoms with Crippen molar-refractivity contribution in [1.29, 1.82) is 0 Å². The lowest BCUT2D eigenvalue weighted by Crippen LogP contribution is -3.00. The molecule has 0 atom stereocenters. The Balaban J connectivity index is 0.00000196. The second kappa shape index (κ2) is 8.92. The van der Waals surface area contributed by atoms with Crippen LogP contribution in [0, 0.1) is 0 Å². The monoisotopic (exact) mass is 275 g/mol. The quantitative estimate of drug-likeness (QED) is 0.468. The van der Waals surface area contributed by atoms with Crippen LogP contribution in [0.1, 0.15) is 32.6 Å². The molecule has 1 aromatic rings. The number of aryl methyl sites for hydroxylation is 2. The molecule has 0 bridgehead atoms. The first-order chi connectivity index (χ1) is 6.86. The van der Waals surface area contributed by atoms with Crippen molar-refractivity contribution in [2.75, 3.05) is 6.54 Å². The molecule has 0 saturated carbocycles. The molecule has 0 fully saturated rings. The normalized spacial score (nSPS) is 10.0. The van der Waals surface area contributed by atoms with E-state index in [1.54, 1.807) is 0 Å². The predicted octanol–water partition coefficient (Wildman–Crippen LogP) is -1.68. The van der Waals surface area contributed by atoms with Crippen molar-refractivity contribution in [2.24, 2.45) is 5.73 Å². The Morgan fingerprint density at radius 2 is 2.07 bits per heavy atom. The lowest BCUT2D eigenvalue weighted by atomic mass is 10.3. The third-order valence-electron chi connectivity index (χ3n) is 2.39. The van der Waals surface area contributed by atoms with Crippen molar-refractivity contribution in [3.8, 4) is 0 Å². The molecule has 0 aliphatic carbocycles. The van der Waals surface area contributed by atoms with E-state index in [0.717, 1.165) is 26.1 Å². The minimum Gasteiger partial charge on any atom is -1.00 e. The fourth-order valence-electron chi connectivity index (χ4n) is 1.48. The molecule has 1 aromatic heterocycles. The van der Waals surface area contributed by atoms with E-state index in [0.29, 0.717) is 0 Å². The number of hydrogen-bond donors (Lipinski definition) is 1. The number of nitrogens with two attached hydrogens (primary N) is 1. The van der Waals surface area contributed by atoms with Crippen LogP contribution in [0.4, 0.5) is 0 Å². The topological polar surface area (TPSA) is 34.8 Å². The van der Waals surface area contributed by atoms with E-state index in [1.807, 2.05) is 0 Å². The average molecular weight is 276 g/mol. The molecule has 1 rings (SSSR count). The van der Waals surface area contributed by atoms with Crippen LogP contribution in [0.5, 0.6) is 0 Å². The van der Waals surface area contributed by atoms with Gasteiger partial charge in [-0.3, -0.25) is 0 Å². The third kappa shape index (κ3) is 5.95. The van der Waals surface area contributed by atoms with Crippen LogP contribution < -0.4 is 27.3 Å². The first-order valence-electron chi connectivity index (χ1n) is 5.61. The Bertz CT molecular complexity index is 248. The van der Waals surface area contributed by atoms with Crippen LogP contribution in [0.15, 0.2) is 18.7 Å². The van der Waals surface area contributed by atoms with Crippen LogP contribution in [-0.2, 0) is 13.1 Å². The van der Waals surface area contributed by atoms with Gasteiger partial charge >= 0.3 is 0 Å². The number of aromatic nitrogens is 2. The maximum absolute atomic E-state index is 5.45. The lowest BCUT2D eigenvalue weighted by Gasteiger charge is -1.95. The van der Waals surface area contributed by atoms with Gasteiger partial charge in [0.1, 0.15) is 12.4 Å². The van der Waals surface area contributed by atoms with Crippen molar-refractivity contribution in [1.82, 2.24) is 4.57 Å². The lowest BCUT2D eigenvalue weighted by molar-refractivity contribution is -0.696. The molecular formula is C11H22BrN3. The van der Waals surface area contributed by atoms with Crippen LogP contribution in [0.3, 0.4) is 0 Å². The van der Waals surface area contributed by atoms with Crippen molar-refractivity contribution in [2.45, 2.75) is 45.7 Å². The summed E-state index contributed by atoms with van der Waals surface area (Å²) >= 11 is 0.